The van der Waals surface area contributed by atoms with Crippen LogP contribution in [0.4, 0.5) is 5.69 Å². The number of nitrogens with one attached hydrogen (secondary N) is 1. The molecule has 6 heteroatoms. The monoisotopic (exact) mass is 435 g/mol. The Morgan fingerprint density at radius 1 is 1.16 bits per heavy atom. The van der Waals surface area contributed by atoms with Crippen LogP contribution in [0.2, 0.25) is 0 Å². The maximum absolute atomic E-state index is 13.8. The fraction of sp³-hybridized carbons (Fsp3) is 0.440. The number of anilines is 1. The molecule has 0 radical (unpaired) electrons. The van der Waals surface area contributed by atoms with Gasteiger partial charge in [-0.2, -0.15) is 0 Å². The molecule has 5 rings (SSSR count). The van der Waals surface area contributed by atoms with Crippen LogP contribution < -0.4 is 10.2 Å². The molecule has 5 nitrogen and oxygen atoms in total. The third-order valence-corrected chi connectivity index (χ3v) is 7.97. The van der Waals surface area contributed by atoms with E-state index >= 15 is 0 Å². The number of aromatic nitrogens is 1. The Kier molecular flexibility index (Phi) is 4.93. The Balaban J connectivity index is 1.59. The SMILES string of the molecule is Cc1ccc(N2C(=O)c3cc4sccc4n3CC2(C)C(=O)NC2CCCCC2C)cc1. The van der Waals surface area contributed by atoms with E-state index in [0.717, 1.165) is 40.7 Å². The van der Waals surface area contributed by atoms with Gasteiger partial charge in [0.15, 0.2) is 0 Å². The van der Waals surface area contributed by atoms with Gasteiger partial charge in [0, 0.05) is 11.7 Å². The normalized spacial score (nSPS) is 26.2. The lowest BCUT2D eigenvalue weighted by Crippen LogP contribution is -2.65. The number of rotatable bonds is 3. The van der Waals surface area contributed by atoms with Crippen LogP contribution >= 0.6 is 11.3 Å². The van der Waals surface area contributed by atoms with Crippen LogP contribution in [0.1, 0.15) is 55.6 Å². The number of carbonyl (C=O) groups excluding carboxylic acids is 2. The number of fused-ring (bicyclic) bond motifs is 3. The van der Waals surface area contributed by atoms with Gasteiger partial charge < -0.3 is 9.88 Å². The van der Waals surface area contributed by atoms with Crippen LogP contribution in [0.5, 0.6) is 0 Å². The molecule has 2 amide bonds. The third kappa shape index (κ3) is 3.28. The first-order valence-corrected chi connectivity index (χ1v) is 12.1. The zero-order chi connectivity index (χ0) is 21.8. The minimum atomic E-state index is -1.01. The van der Waals surface area contributed by atoms with Crippen molar-refractivity contribution in [2.75, 3.05) is 4.90 Å². The van der Waals surface area contributed by atoms with E-state index in [2.05, 4.69) is 12.2 Å². The number of nitrogens with zero attached hydrogens (tertiary/aromatic N) is 2. The van der Waals surface area contributed by atoms with Crippen LogP contribution in [0.25, 0.3) is 10.2 Å². The van der Waals surface area contributed by atoms with Gasteiger partial charge in [0.1, 0.15) is 11.2 Å². The largest absolute Gasteiger partial charge is 0.351 e. The molecule has 1 aromatic carbocycles. The zero-order valence-corrected chi connectivity index (χ0v) is 19.2. The average molecular weight is 436 g/mol. The summed E-state index contributed by atoms with van der Waals surface area (Å²) in [6.45, 7) is 6.59. The smallest absolute Gasteiger partial charge is 0.275 e. The highest BCUT2D eigenvalue weighted by atomic mass is 32.1. The van der Waals surface area contributed by atoms with E-state index in [9.17, 15) is 9.59 Å². The second kappa shape index (κ2) is 7.52. The summed E-state index contributed by atoms with van der Waals surface area (Å²) in [6.07, 6.45) is 4.51. The number of hydrogen-bond acceptors (Lipinski definition) is 3. The summed E-state index contributed by atoms with van der Waals surface area (Å²) >= 11 is 1.63. The molecule has 1 saturated carbocycles. The summed E-state index contributed by atoms with van der Waals surface area (Å²) < 4.78 is 3.11. The molecule has 31 heavy (non-hydrogen) atoms. The summed E-state index contributed by atoms with van der Waals surface area (Å²) in [4.78, 5) is 29.3. The van der Waals surface area contributed by atoms with Crippen LogP contribution in [0, 0.1) is 12.8 Å². The van der Waals surface area contributed by atoms with Crippen molar-refractivity contribution in [1.82, 2.24) is 9.88 Å². The molecule has 1 aliphatic heterocycles. The van der Waals surface area contributed by atoms with Crippen molar-refractivity contribution in [2.45, 2.75) is 64.6 Å². The highest BCUT2D eigenvalue weighted by molar-refractivity contribution is 7.17. The van der Waals surface area contributed by atoms with Gasteiger partial charge in [0.05, 0.1) is 16.8 Å². The van der Waals surface area contributed by atoms with Gasteiger partial charge >= 0.3 is 0 Å². The number of benzene rings is 1. The first-order chi connectivity index (χ1) is 14.9. The molecule has 2 aliphatic rings. The predicted molar refractivity (Wildman–Crippen MR) is 126 cm³/mol. The molecule has 1 aliphatic carbocycles. The summed E-state index contributed by atoms with van der Waals surface area (Å²) in [6, 6.07) is 12.1. The second-order valence-electron chi connectivity index (χ2n) is 9.38. The predicted octanol–water partition coefficient (Wildman–Crippen LogP) is 5.13. The Hall–Kier alpha value is -2.60. The van der Waals surface area contributed by atoms with E-state index in [4.69, 9.17) is 0 Å². The number of hydrogen-bond donors (Lipinski definition) is 1. The highest BCUT2D eigenvalue weighted by Gasteiger charge is 2.49. The minimum Gasteiger partial charge on any atom is -0.351 e. The Bertz CT molecular complexity index is 1150. The van der Waals surface area contributed by atoms with Gasteiger partial charge in [-0.25, -0.2) is 0 Å². The molecule has 0 bridgehead atoms. The van der Waals surface area contributed by atoms with Crippen LogP contribution in [-0.2, 0) is 11.3 Å². The molecule has 0 spiro atoms. The summed E-state index contributed by atoms with van der Waals surface area (Å²) in [5.74, 6) is 0.273. The number of carbonyl (C=O) groups is 2. The van der Waals surface area contributed by atoms with E-state index in [0.29, 0.717) is 18.2 Å². The molecule has 3 aromatic rings. The maximum Gasteiger partial charge on any atom is 0.275 e. The standard InChI is InChI=1S/C25H29N3O2S/c1-16-8-10-18(11-9-16)28-23(29)21-14-22-20(12-13-31-22)27(21)15-25(28,3)24(30)26-19-7-5-4-6-17(19)2/h8-14,17,19H,4-7,15H2,1-3H3,(H,26,30). The van der Waals surface area contributed by atoms with Crippen molar-refractivity contribution in [3.63, 3.8) is 0 Å². The van der Waals surface area contributed by atoms with Gasteiger partial charge in [-0.05, 0) is 62.3 Å². The van der Waals surface area contributed by atoms with E-state index in [1.807, 2.05) is 60.2 Å². The Morgan fingerprint density at radius 3 is 2.65 bits per heavy atom. The summed E-state index contributed by atoms with van der Waals surface area (Å²) in [5, 5.41) is 5.37. The molecule has 0 saturated heterocycles. The lowest BCUT2D eigenvalue weighted by atomic mass is 9.84. The van der Waals surface area contributed by atoms with Crippen molar-refractivity contribution in [3.8, 4) is 0 Å². The second-order valence-corrected chi connectivity index (χ2v) is 10.3. The van der Waals surface area contributed by atoms with Gasteiger partial charge in [-0.3, -0.25) is 14.5 Å². The molecular formula is C25H29N3O2S. The van der Waals surface area contributed by atoms with Crippen LogP contribution in [0.15, 0.2) is 41.8 Å². The molecule has 1 N–H and O–H groups in total. The van der Waals surface area contributed by atoms with E-state index < -0.39 is 5.54 Å². The van der Waals surface area contributed by atoms with E-state index in [1.54, 1.807) is 16.2 Å². The van der Waals surface area contributed by atoms with Crippen molar-refractivity contribution in [2.24, 2.45) is 5.92 Å². The van der Waals surface area contributed by atoms with Crippen molar-refractivity contribution >= 4 is 39.1 Å². The van der Waals surface area contributed by atoms with Crippen LogP contribution in [0.3, 0.4) is 0 Å². The molecule has 2 aromatic heterocycles. The van der Waals surface area contributed by atoms with E-state index in [-0.39, 0.29) is 17.9 Å². The lowest BCUT2D eigenvalue weighted by molar-refractivity contribution is -0.127. The number of aryl methyl sites for hydroxylation is 1. The Labute approximate surface area is 187 Å². The van der Waals surface area contributed by atoms with Gasteiger partial charge in [-0.15, -0.1) is 11.3 Å². The van der Waals surface area contributed by atoms with Crippen molar-refractivity contribution < 1.29 is 9.59 Å². The van der Waals surface area contributed by atoms with E-state index in [1.165, 1.54) is 6.42 Å². The van der Waals surface area contributed by atoms with Gasteiger partial charge in [0.2, 0.25) is 5.91 Å². The molecular weight excluding hydrogens is 406 g/mol. The average Bonchev–Trinajstić information content (AvgIpc) is 3.33. The summed E-state index contributed by atoms with van der Waals surface area (Å²) in [7, 11) is 0. The van der Waals surface area contributed by atoms with Crippen LogP contribution in [-0.4, -0.2) is 28.0 Å². The molecule has 3 heterocycles. The zero-order valence-electron chi connectivity index (χ0n) is 18.4. The Morgan fingerprint density at radius 2 is 1.90 bits per heavy atom. The highest BCUT2D eigenvalue weighted by Crippen LogP contribution is 2.37. The quantitative estimate of drug-likeness (QED) is 0.620. The fourth-order valence-corrected chi connectivity index (χ4v) is 5.99. The van der Waals surface area contributed by atoms with Gasteiger partial charge in [-0.1, -0.05) is 37.5 Å². The molecule has 162 valence electrons. The maximum atomic E-state index is 13.8. The topological polar surface area (TPSA) is 54.3 Å². The lowest BCUT2D eigenvalue weighted by Gasteiger charge is -2.45. The minimum absolute atomic E-state index is 0.0668. The third-order valence-electron chi connectivity index (χ3n) is 7.11. The fourth-order valence-electron chi connectivity index (χ4n) is 5.17. The molecule has 3 unspecified atom stereocenters. The van der Waals surface area contributed by atoms with Crippen molar-refractivity contribution in [3.05, 3.63) is 53.0 Å². The first kappa shape index (κ1) is 20.3. The van der Waals surface area contributed by atoms with Gasteiger partial charge in [0.25, 0.3) is 5.91 Å². The molecule has 1 fully saturated rings. The van der Waals surface area contributed by atoms with Crippen molar-refractivity contribution in [1.29, 1.82) is 0 Å². The number of thiophene rings is 1. The summed E-state index contributed by atoms with van der Waals surface area (Å²) in [5.41, 5.74) is 2.56. The molecule has 3 atom stereocenters. The first-order valence-electron chi connectivity index (χ1n) is 11.2. The number of amides is 2.